The van der Waals surface area contributed by atoms with Gasteiger partial charge in [-0.1, -0.05) is 6.92 Å². The third kappa shape index (κ3) is 3.59. The van der Waals surface area contributed by atoms with Gasteiger partial charge in [-0.3, -0.25) is 0 Å². The molecular weight excluding hydrogens is 300 g/mol. The molecule has 0 aromatic heterocycles. The molecule has 0 amide bonds. The topological polar surface area (TPSA) is 63.2 Å². The number of methoxy groups -OCH3 is 3. The summed E-state index contributed by atoms with van der Waals surface area (Å²) in [5, 5.41) is 1.43. The fourth-order valence-corrected chi connectivity index (χ4v) is 2.16. The van der Waals surface area contributed by atoms with E-state index in [-0.39, 0.29) is 5.75 Å². The molecule has 6 nitrogen and oxygen atoms in total. The highest BCUT2D eigenvalue weighted by atomic mass is 16.7. The molecule has 0 saturated carbocycles. The van der Waals surface area contributed by atoms with Crippen molar-refractivity contribution in [2.45, 2.75) is 13.3 Å². The minimum absolute atomic E-state index is 0.279. The second kappa shape index (κ2) is 7.58. The zero-order valence-corrected chi connectivity index (χ0v) is 13.7. The van der Waals surface area contributed by atoms with Crippen LogP contribution in [0.3, 0.4) is 0 Å². The number of carbonyl (C=O) groups excluding carboxylic acids is 1. The molecule has 0 atom stereocenters. The average Bonchev–Trinajstić information content (AvgIpc) is 2.60. The summed E-state index contributed by atoms with van der Waals surface area (Å²) in [6, 6.07) is 7.07. The van der Waals surface area contributed by atoms with Crippen LogP contribution in [0.5, 0.6) is 23.0 Å². The lowest BCUT2D eigenvalue weighted by atomic mass is 10.1. The second-order valence-corrected chi connectivity index (χ2v) is 4.72. The minimum atomic E-state index is -0.817. The molecular formula is C17H20O6. The van der Waals surface area contributed by atoms with E-state index in [2.05, 4.69) is 4.74 Å². The molecule has 0 spiro atoms. The molecule has 0 aliphatic heterocycles. The summed E-state index contributed by atoms with van der Waals surface area (Å²) in [5.41, 5.74) is 0. The van der Waals surface area contributed by atoms with Crippen molar-refractivity contribution in [2.24, 2.45) is 0 Å². The van der Waals surface area contributed by atoms with E-state index in [1.165, 1.54) is 14.2 Å². The molecule has 0 fully saturated rings. The van der Waals surface area contributed by atoms with Crippen LogP contribution in [0.1, 0.15) is 13.3 Å². The van der Waals surface area contributed by atoms with Crippen molar-refractivity contribution in [3.8, 4) is 23.0 Å². The van der Waals surface area contributed by atoms with Crippen molar-refractivity contribution < 1.29 is 28.5 Å². The van der Waals surface area contributed by atoms with E-state index >= 15 is 0 Å². The van der Waals surface area contributed by atoms with Crippen molar-refractivity contribution in [1.29, 1.82) is 0 Å². The Morgan fingerprint density at radius 3 is 2.39 bits per heavy atom. The first-order chi connectivity index (χ1) is 11.1. The Morgan fingerprint density at radius 2 is 1.78 bits per heavy atom. The summed E-state index contributed by atoms with van der Waals surface area (Å²) >= 11 is 0. The number of fused-ring (bicyclic) bond motifs is 1. The first-order valence-corrected chi connectivity index (χ1v) is 7.21. The first-order valence-electron chi connectivity index (χ1n) is 7.21. The molecule has 0 N–H and O–H groups in total. The van der Waals surface area contributed by atoms with E-state index < -0.39 is 6.16 Å². The highest BCUT2D eigenvalue weighted by molar-refractivity contribution is 5.97. The van der Waals surface area contributed by atoms with Crippen molar-refractivity contribution in [3.05, 3.63) is 24.3 Å². The molecule has 23 heavy (non-hydrogen) atoms. The Bertz CT molecular complexity index is 695. The van der Waals surface area contributed by atoms with Gasteiger partial charge in [0.25, 0.3) is 0 Å². The lowest BCUT2D eigenvalue weighted by Gasteiger charge is -2.16. The van der Waals surface area contributed by atoms with Gasteiger partial charge in [-0.2, -0.15) is 0 Å². The summed E-state index contributed by atoms with van der Waals surface area (Å²) < 4.78 is 26.2. The molecule has 124 valence electrons. The van der Waals surface area contributed by atoms with Gasteiger partial charge in [-0.05, 0) is 24.6 Å². The fourth-order valence-electron chi connectivity index (χ4n) is 2.16. The number of rotatable bonds is 6. The van der Waals surface area contributed by atoms with E-state index in [1.54, 1.807) is 25.3 Å². The van der Waals surface area contributed by atoms with Crippen LogP contribution in [0.15, 0.2) is 24.3 Å². The molecule has 6 heteroatoms. The Morgan fingerprint density at radius 1 is 1.00 bits per heavy atom. The van der Waals surface area contributed by atoms with Gasteiger partial charge in [0.05, 0.1) is 27.9 Å². The molecule has 0 saturated heterocycles. The Balaban J connectivity index is 2.66. The van der Waals surface area contributed by atoms with Gasteiger partial charge in [-0.15, -0.1) is 0 Å². The van der Waals surface area contributed by atoms with Gasteiger partial charge < -0.3 is 23.7 Å². The van der Waals surface area contributed by atoms with Crippen LogP contribution in [-0.2, 0) is 4.74 Å². The predicted molar refractivity (Wildman–Crippen MR) is 85.9 cm³/mol. The molecule has 0 radical (unpaired) electrons. The van der Waals surface area contributed by atoms with Crippen LogP contribution < -0.4 is 18.9 Å². The number of benzene rings is 2. The maximum absolute atomic E-state index is 11.5. The Labute approximate surface area is 134 Å². The van der Waals surface area contributed by atoms with Crippen molar-refractivity contribution in [1.82, 2.24) is 0 Å². The average molecular weight is 320 g/mol. The van der Waals surface area contributed by atoms with Gasteiger partial charge >= 0.3 is 6.16 Å². The molecule has 2 aromatic carbocycles. The zero-order valence-electron chi connectivity index (χ0n) is 13.7. The smallest absolute Gasteiger partial charge is 0.497 e. The molecule has 0 heterocycles. The normalized spacial score (nSPS) is 10.3. The summed E-state index contributed by atoms with van der Waals surface area (Å²) in [4.78, 5) is 11.5. The van der Waals surface area contributed by atoms with E-state index in [0.717, 1.165) is 11.8 Å². The summed E-state index contributed by atoms with van der Waals surface area (Å²) in [6.45, 7) is 2.58. The van der Waals surface area contributed by atoms with Crippen LogP contribution in [0.4, 0.5) is 4.79 Å². The van der Waals surface area contributed by atoms with Crippen LogP contribution in [0, 0.1) is 0 Å². The number of ether oxygens (including phenoxy) is 5. The first kappa shape index (κ1) is 16.7. The van der Waals surface area contributed by atoms with Crippen LogP contribution in [0.25, 0.3) is 10.8 Å². The summed E-state index contributed by atoms with van der Waals surface area (Å²) in [5.74, 6) is 1.97. The fraction of sp³-hybridized carbons (Fsp3) is 0.353. The van der Waals surface area contributed by atoms with E-state index in [1.807, 2.05) is 13.0 Å². The minimum Gasteiger partial charge on any atom is -0.497 e. The number of carbonyl (C=O) groups is 1. The van der Waals surface area contributed by atoms with Crippen LogP contribution >= 0.6 is 0 Å². The van der Waals surface area contributed by atoms with Gasteiger partial charge in [-0.25, -0.2) is 4.79 Å². The lowest BCUT2D eigenvalue weighted by molar-refractivity contribution is 0.120. The van der Waals surface area contributed by atoms with Crippen molar-refractivity contribution in [3.63, 3.8) is 0 Å². The molecule has 0 aliphatic rings. The molecule has 0 bridgehead atoms. The van der Waals surface area contributed by atoms with Crippen molar-refractivity contribution >= 4 is 16.9 Å². The van der Waals surface area contributed by atoms with Gasteiger partial charge in [0.15, 0.2) is 11.5 Å². The van der Waals surface area contributed by atoms with Crippen LogP contribution in [-0.4, -0.2) is 34.1 Å². The maximum atomic E-state index is 11.5. The van der Waals surface area contributed by atoms with E-state index in [0.29, 0.717) is 29.2 Å². The largest absolute Gasteiger partial charge is 0.513 e. The summed E-state index contributed by atoms with van der Waals surface area (Å²) in [6.07, 6.45) is 0.0522. The third-order valence-electron chi connectivity index (χ3n) is 3.26. The highest BCUT2D eigenvalue weighted by Gasteiger charge is 2.19. The molecule has 2 aromatic rings. The van der Waals surface area contributed by atoms with E-state index in [4.69, 9.17) is 18.9 Å². The molecule has 0 unspecified atom stereocenters. The van der Waals surface area contributed by atoms with Crippen molar-refractivity contribution in [2.75, 3.05) is 27.9 Å². The standard InChI is InChI=1S/C17H20O6/c1-5-8-22-14-10-15(20-3)16(23-17(18)21-4)12-7-6-11(19-2)9-13(12)14/h6-7,9-10H,5,8H2,1-4H3. The monoisotopic (exact) mass is 320 g/mol. The highest BCUT2D eigenvalue weighted by Crippen LogP contribution is 2.43. The summed E-state index contributed by atoms with van der Waals surface area (Å²) in [7, 11) is 4.33. The SMILES string of the molecule is CCCOc1cc(OC)c(OC(=O)OC)c2ccc(OC)cc12. The number of hydrogen-bond donors (Lipinski definition) is 0. The van der Waals surface area contributed by atoms with Gasteiger partial charge in [0.2, 0.25) is 0 Å². The molecule has 2 rings (SSSR count). The lowest BCUT2D eigenvalue weighted by Crippen LogP contribution is -2.09. The quantitative estimate of drug-likeness (QED) is 0.596. The van der Waals surface area contributed by atoms with E-state index in [9.17, 15) is 4.79 Å². The molecule has 0 aliphatic carbocycles. The predicted octanol–water partition coefficient (Wildman–Crippen LogP) is 3.79. The number of hydrogen-bond acceptors (Lipinski definition) is 6. The Hall–Kier alpha value is -2.63. The zero-order chi connectivity index (χ0) is 16.8. The van der Waals surface area contributed by atoms with Gasteiger partial charge in [0.1, 0.15) is 11.5 Å². The van der Waals surface area contributed by atoms with Gasteiger partial charge in [0, 0.05) is 16.8 Å². The van der Waals surface area contributed by atoms with Crippen LogP contribution in [0.2, 0.25) is 0 Å². The maximum Gasteiger partial charge on any atom is 0.513 e. The third-order valence-corrected chi connectivity index (χ3v) is 3.26. The second-order valence-electron chi connectivity index (χ2n) is 4.72. The Kier molecular flexibility index (Phi) is 5.51.